The van der Waals surface area contributed by atoms with Crippen molar-refractivity contribution in [2.45, 2.75) is 44.7 Å². The highest BCUT2D eigenvalue weighted by Crippen LogP contribution is 2.24. The molecular weight excluding hydrogens is 212 g/mol. The van der Waals surface area contributed by atoms with E-state index in [1.165, 1.54) is 25.1 Å². The number of nitrogens with zero attached hydrogens (tertiary/aromatic N) is 2. The summed E-state index contributed by atoms with van der Waals surface area (Å²) in [4.78, 5) is 14.2. The Morgan fingerprint density at radius 1 is 1.35 bits per heavy atom. The van der Waals surface area contributed by atoms with Crippen LogP contribution in [0, 0.1) is 0 Å². The summed E-state index contributed by atoms with van der Waals surface area (Å²) in [7, 11) is 2.21. The first-order chi connectivity index (χ1) is 8.25. The van der Waals surface area contributed by atoms with Crippen LogP contribution in [0.15, 0.2) is 12.3 Å². The molecule has 1 aromatic heterocycles. The quantitative estimate of drug-likeness (QED) is 0.780. The third kappa shape index (κ3) is 1.93. The van der Waals surface area contributed by atoms with E-state index in [0.29, 0.717) is 11.8 Å². The van der Waals surface area contributed by atoms with Crippen LogP contribution in [0.25, 0.3) is 0 Å². The number of Topliss-reactive ketones (excluding diaryl/α,β-unsaturated/α-hetero) is 1. The number of hydrogen-bond donors (Lipinski definition) is 0. The number of rotatable bonds is 2. The summed E-state index contributed by atoms with van der Waals surface area (Å²) in [6, 6.07) is 2.68. The molecule has 1 aliphatic heterocycles. The molecule has 1 aromatic rings. The maximum absolute atomic E-state index is 11.8. The minimum Gasteiger partial charge on any atom is -0.349 e. The van der Waals surface area contributed by atoms with Gasteiger partial charge in [0.2, 0.25) is 0 Å². The van der Waals surface area contributed by atoms with Gasteiger partial charge in [0.25, 0.3) is 0 Å². The molecule has 3 heteroatoms. The molecule has 92 valence electrons. The highest BCUT2D eigenvalue weighted by atomic mass is 16.1. The Bertz CT molecular complexity index is 435. The van der Waals surface area contributed by atoms with Crippen LogP contribution in [-0.2, 0) is 13.0 Å². The van der Waals surface area contributed by atoms with E-state index in [2.05, 4.69) is 22.7 Å². The zero-order valence-electron chi connectivity index (χ0n) is 10.5. The molecule has 2 aliphatic rings. The summed E-state index contributed by atoms with van der Waals surface area (Å²) in [6.45, 7) is 2.27. The Balaban J connectivity index is 1.82. The molecule has 17 heavy (non-hydrogen) atoms. The molecule has 1 unspecified atom stereocenters. The maximum atomic E-state index is 11.8. The van der Waals surface area contributed by atoms with E-state index in [1.807, 2.05) is 6.07 Å². The molecule has 0 aromatic carbocycles. The second kappa shape index (κ2) is 4.30. The Hall–Kier alpha value is -1.09. The highest BCUT2D eigenvalue weighted by molar-refractivity contribution is 5.98. The summed E-state index contributed by atoms with van der Waals surface area (Å²) < 4.78 is 2.32. The van der Waals surface area contributed by atoms with Crippen LogP contribution in [0.3, 0.4) is 0 Å². The molecule has 0 bridgehead atoms. The largest absolute Gasteiger partial charge is 0.349 e. The normalized spacial score (nSPS) is 25.2. The molecule has 1 saturated heterocycles. The van der Waals surface area contributed by atoms with Crippen molar-refractivity contribution in [3.63, 3.8) is 0 Å². The van der Waals surface area contributed by atoms with Crippen molar-refractivity contribution in [2.75, 3.05) is 13.6 Å². The van der Waals surface area contributed by atoms with Gasteiger partial charge in [-0.05, 0) is 45.3 Å². The third-order valence-corrected chi connectivity index (χ3v) is 4.28. The maximum Gasteiger partial charge on any atom is 0.164 e. The van der Waals surface area contributed by atoms with Crippen LogP contribution in [0.2, 0.25) is 0 Å². The zero-order valence-corrected chi connectivity index (χ0v) is 10.5. The van der Waals surface area contributed by atoms with Gasteiger partial charge in [-0.15, -0.1) is 0 Å². The van der Waals surface area contributed by atoms with Crippen molar-refractivity contribution in [3.05, 3.63) is 23.5 Å². The lowest BCUT2D eigenvalue weighted by molar-refractivity contribution is 0.0971. The Morgan fingerprint density at radius 2 is 2.24 bits per heavy atom. The van der Waals surface area contributed by atoms with Crippen molar-refractivity contribution < 1.29 is 4.79 Å². The zero-order chi connectivity index (χ0) is 11.8. The number of hydrogen-bond acceptors (Lipinski definition) is 2. The summed E-state index contributed by atoms with van der Waals surface area (Å²) in [6.07, 6.45) is 7.54. The summed E-state index contributed by atoms with van der Waals surface area (Å²) in [5.41, 5.74) is 2.26. The second-order valence-electron chi connectivity index (χ2n) is 5.38. The molecule has 0 amide bonds. The van der Waals surface area contributed by atoms with Gasteiger partial charge >= 0.3 is 0 Å². The smallest absolute Gasteiger partial charge is 0.164 e. The SMILES string of the molecule is CN1CCCC1Cn1ccc2c1CCCC2=O. The van der Waals surface area contributed by atoms with Gasteiger partial charge in [-0.2, -0.15) is 0 Å². The van der Waals surface area contributed by atoms with Gasteiger partial charge in [0.1, 0.15) is 0 Å². The van der Waals surface area contributed by atoms with Crippen LogP contribution in [0.4, 0.5) is 0 Å². The third-order valence-electron chi connectivity index (χ3n) is 4.28. The number of likely N-dealkylation sites (N-methyl/N-ethyl adjacent to an activating group) is 1. The van der Waals surface area contributed by atoms with E-state index in [4.69, 9.17) is 0 Å². The van der Waals surface area contributed by atoms with Crippen LogP contribution >= 0.6 is 0 Å². The Morgan fingerprint density at radius 3 is 3.00 bits per heavy atom. The summed E-state index contributed by atoms with van der Waals surface area (Å²) in [5.74, 6) is 0.338. The van der Waals surface area contributed by atoms with E-state index in [-0.39, 0.29) is 0 Å². The van der Waals surface area contributed by atoms with Gasteiger partial charge in [-0.25, -0.2) is 0 Å². The Labute approximate surface area is 102 Å². The van der Waals surface area contributed by atoms with Crippen molar-refractivity contribution in [3.8, 4) is 0 Å². The van der Waals surface area contributed by atoms with Crippen LogP contribution in [0.5, 0.6) is 0 Å². The van der Waals surface area contributed by atoms with E-state index in [9.17, 15) is 4.79 Å². The lowest BCUT2D eigenvalue weighted by Gasteiger charge is -2.22. The Kier molecular flexibility index (Phi) is 2.79. The molecular formula is C14H20N2O. The predicted octanol–water partition coefficient (Wildman–Crippen LogP) is 2.10. The average Bonchev–Trinajstić information content (AvgIpc) is 2.89. The molecule has 3 nitrogen and oxygen atoms in total. The molecule has 0 spiro atoms. The van der Waals surface area contributed by atoms with Gasteiger partial charge in [-0.3, -0.25) is 4.79 Å². The summed E-state index contributed by atoms with van der Waals surface area (Å²) in [5, 5.41) is 0. The number of ketones is 1. The molecule has 1 fully saturated rings. The lowest BCUT2D eigenvalue weighted by atomic mass is 9.97. The van der Waals surface area contributed by atoms with E-state index >= 15 is 0 Å². The van der Waals surface area contributed by atoms with Crippen LogP contribution in [-0.4, -0.2) is 34.9 Å². The first-order valence-electron chi connectivity index (χ1n) is 6.67. The van der Waals surface area contributed by atoms with Crippen molar-refractivity contribution in [1.29, 1.82) is 0 Å². The number of carbonyl (C=O) groups excluding carboxylic acids is 1. The number of likely N-dealkylation sites (tertiary alicyclic amines) is 1. The van der Waals surface area contributed by atoms with Crippen molar-refractivity contribution in [2.24, 2.45) is 0 Å². The first kappa shape index (κ1) is 11.0. The fraction of sp³-hybridized carbons (Fsp3) is 0.643. The molecule has 1 aliphatic carbocycles. The second-order valence-corrected chi connectivity index (χ2v) is 5.38. The van der Waals surface area contributed by atoms with Gasteiger partial charge < -0.3 is 9.47 Å². The monoisotopic (exact) mass is 232 g/mol. The van der Waals surface area contributed by atoms with Gasteiger partial charge in [0, 0.05) is 36.5 Å². The van der Waals surface area contributed by atoms with Crippen LogP contribution < -0.4 is 0 Å². The van der Waals surface area contributed by atoms with E-state index in [0.717, 1.165) is 31.4 Å². The van der Waals surface area contributed by atoms with Gasteiger partial charge in [0.05, 0.1) is 0 Å². The fourth-order valence-corrected chi connectivity index (χ4v) is 3.20. The topological polar surface area (TPSA) is 25.2 Å². The summed E-state index contributed by atoms with van der Waals surface area (Å²) >= 11 is 0. The lowest BCUT2D eigenvalue weighted by Crippen LogP contribution is -2.30. The molecule has 0 radical (unpaired) electrons. The fourth-order valence-electron chi connectivity index (χ4n) is 3.20. The molecule has 2 heterocycles. The highest BCUT2D eigenvalue weighted by Gasteiger charge is 2.25. The standard InChI is InChI=1S/C14H20N2O/c1-15-8-3-4-11(15)10-16-9-7-12-13(16)5-2-6-14(12)17/h7,9,11H,2-6,8,10H2,1H3. The van der Waals surface area contributed by atoms with E-state index in [1.54, 1.807) is 0 Å². The number of fused-ring (bicyclic) bond motifs is 1. The van der Waals surface area contributed by atoms with Crippen molar-refractivity contribution >= 4 is 5.78 Å². The minimum absolute atomic E-state index is 0.338. The number of carbonyl (C=O) groups is 1. The average molecular weight is 232 g/mol. The van der Waals surface area contributed by atoms with Gasteiger partial charge in [-0.1, -0.05) is 0 Å². The molecule has 0 N–H and O–H groups in total. The van der Waals surface area contributed by atoms with Gasteiger partial charge in [0.15, 0.2) is 5.78 Å². The number of aromatic nitrogens is 1. The predicted molar refractivity (Wildman–Crippen MR) is 67.4 cm³/mol. The molecule has 3 rings (SSSR count). The molecule has 1 atom stereocenters. The first-order valence-corrected chi connectivity index (χ1v) is 6.67. The van der Waals surface area contributed by atoms with Crippen molar-refractivity contribution in [1.82, 2.24) is 9.47 Å². The molecule has 0 saturated carbocycles. The van der Waals surface area contributed by atoms with E-state index < -0.39 is 0 Å². The minimum atomic E-state index is 0.338. The van der Waals surface area contributed by atoms with Crippen LogP contribution in [0.1, 0.15) is 41.7 Å².